The van der Waals surface area contributed by atoms with Gasteiger partial charge in [-0.1, -0.05) is 6.07 Å². The molecule has 2 heterocycles. The first-order chi connectivity index (χ1) is 10.3. The molecule has 1 aliphatic carbocycles. The topological polar surface area (TPSA) is 41.1 Å². The SMILES string of the molecule is CCN(Cc1ccccn1)c1nc2c(s1)CCCC2NC. The zero-order valence-electron chi connectivity index (χ0n) is 12.7. The van der Waals surface area contributed by atoms with Crippen LogP contribution in [-0.2, 0) is 13.0 Å². The molecule has 0 aromatic carbocycles. The van der Waals surface area contributed by atoms with E-state index in [-0.39, 0.29) is 0 Å². The highest BCUT2D eigenvalue weighted by atomic mass is 32.1. The summed E-state index contributed by atoms with van der Waals surface area (Å²) in [4.78, 5) is 13.1. The molecule has 5 heteroatoms. The molecule has 2 aromatic heterocycles. The van der Waals surface area contributed by atoms with Gasteiger partial charge in [-0.2, -0.15) is 0 Å². The van der Waals surface area contributed by atoms with Crippen LogP contribution in [0.25, 0.3) is 0 Å². The fourth-order valence-corrected chi connectivity index (χ4v) is 4.05. The van der Waals surface area contributed by atoms with Gasteiger partial charge in [0, 0.05) is 17.6 Å². The number of aryl methyl sites for hydroxylation is 1. The largest absolute Gasteiger partial charge is 0.342 e. The first-order valence-electron chi connectivity index (χ1n) is 7.63. The van der Waals surface area contributed by atoms with Gasteiger partial charge in [0.1, 0.15) is 0 Å². The summed E-state index contributed by atoms with van der Waals surface area (Å²) in [5, 5.41) is 4.53. The number of anilines is 1. The molecule has 0 fully saturated rings. The van der Waals surface area contributed by atoms with E-state index in [0.717, 1.165) is 23.9 Å². The maximum Gasteiger partial charge on any atom is 0.186 e. The highest BCUT2D eigenvalue weighted by molar-refractivity contribution is 7.15. The van der Waals surface area contributed by atoms with E-state index in [9.17, 15) is 0 Å². The summed E-state index contributed by atoms with van der Waals surface area (Å²) < 4.78 is 0. The molecule has 1 atom stereocenters. The van der Waals surface area contributed by atoms with Crippen LogP contribution in [0.4, 0.5) is 5.13 Å². The van der Waals surface area contributed by atoms with E-state index in [1.807, 2.05) is 36.7 Å². The van der Waals surface area contributed by atoms with Crippen molar-refractivity contribution in [3.05, 3.63) is 40.7 Å². The van der Waals surface area contributed by atoms with Gasteiger partial charge in [-0.3, -0.25) is 4.98 Å². The van der Waals surface area contributed by atoms with Gasteiger partial charge >= 0.3 is 0 Å². The molecule has 0 spiro atoms. The predicted octanol–water partition coefficient (Wildman–Crippen LogP) is 3.16. The summed E-state index contributed by atoms with van der Waals surface area (Å²) in [6, 6.07) is 6.50. The van der Waals surface area contributed by atoms with Crippen LogP contribution in [0.5, 0.6) is 0 Å². The summed E-state index contributed by atoms with van der Waals surface area (Å²) in [5.74, 6) is 0. The molecular formula is C16H22N4S. The number of nitrogens with zero attached hydrogens (tertiary/aromatic N) is 3. The molecule has 0 aliphatic heterocycles. The van der Waals surface area contributed by atoms with Crippen molar-refractivity contribution < 1.29 is 0 Å². The van der Waals surface area contributed by atoms with E-state index in [1.54, 1.807) is 0 Å². The van der Waals surface area contributed by atoms with Gasteiger partial charge in [0.05, 0.1) is 24.0 Å². The molecule has 0 radical (unpaired) electrons. The van der Waals surface area contributed by atoms with Gasteiger partial charge in [0.25, 0.3) is 0 Å². The van der Waals surface area contributed by atoms with Crippen molar-refractivity contribution in [2.75, 3.05) is 18.5 Å². The molecule has 0 bridgehead atoms. The molecule has 112 valence electrons. The van der Waals surface area contributed by atoms with Crippen molar-refractivity contribution in [2.45, 2.75) is 38.8 Å². The van der Waals surface area contributed by atoms with Gasteiger partial charge in [-0.15, -0.1) is 11.3 Å². The van der Waals surface area contributed by atoms with E-state index in [2.05, 4.69) is 28.2 Å². The summed E-state index contributed by atoms with van der Waals surface area (Å²) in [6.45, 7) is 3.96. The summed E-state index contributed by atoms with van der Waals surface area (Å²) >= 11 is 1.85. The lowest BCUT2D eigenvalue weighted by atomic mass is 9.98. The maximum atomic E-state index is 4.92. The first kappa shape index (κ1) is 14.5. The Morgan fingerprint density at radius 1 is 1.43 bits per heavy atom. The molecule has 4 nitrogen and oxygen atoms in total. The van der Waals surface area contributed by atoms with Crippen LogP contribution in [0.3, 0.4) is 0 Å². The predicted molar refractivity (Wildman–Crippen MR) is 87.8 cm³/mol. The lowest BCUT2D eigenvalue weighted by Gasteiger charge is -2.20. The first-order valence-corrected chi connectivity index (χ1v) is 8.45. The fourth-order valence-electron chi connectivity index (χ4n) is 2.82. The lowest BCUT2D eigenvalue weighted by molar-refractivity contribution is 0.489. The van der Waals surface area contributed by atoms with Crippen molar-refractivity contribution in [1.82, 2.24) is 15.3 Å². The van der Waals surface area contributed by atoms with Crippen molar-refractivity contribution >= 4 is 16.5 Å². The standard InChI is InChI=1S/C16H22N4S/c1-3-20(11-12-7-4-5-10-18-12)16-19-15-13(17-2)8-6-9-14(15)21-16/h4-5,7,10,13,17H,3,6,8-9,11H2,1-2H3. The molecule has 2 aromatic rings. The third kappa shape index (κ3) is 3.09. The Morgan fingerprint density at radius 3 is 3.05 bits per heavy atom. The molecule has 21 heavy (non-hydrogen) atoms. The van der Waals surface area contributed by atoms with Gasteiger partial charge in [0.2, 0.25) is 0 Å². The lowest BCUT2D eigenvalue weighted by Crippen LogP contribution is -2.23. The Kier molecular flexibility index (Phi) is 4.51. The van der Waals surface area contributed by atoms with E-state index in [4.69, 9.17) is 4.98 Å². The number of fused-ring (bicyclic) bond motifs is 1. The Labute approximate surface area is 130 Å². The van der Waals surface area contributed by atoms with E-state index in [0.29, 0.717) is 6.04 Å². The summed E-state index contributed by atoms with van der Waals surface area (Å²) in [6.07, 6.45) is 5.48. The molecule has 1 N–H and O–H groups in total. The fraction of sp³-hybridized carbons (Fsp3) is 0.500. The average Bonchev–Trinajstić information content (AvgIpc) is 2.97. The highest BCUT2D eigenvalue weighted by Crippen LogP contribution is 2.36. The number of hydrogen-bond acceptors (Lipinski definition) is 5. The van der Waals surface area contributed by atoms with Crippen molar-refractivity contribution in [3.63, 3.8) is 0 Å². The monoisotopic (exact) mass is 302 g/mol. The average molecular weight is 302 g/mol. The van der Waals surface area contributed by atoms with Crippen LogP contribution >= 0.6 is 11.3 Å². The minimum Gasteiger partial charge on any atom is -0.342 e. The van der Waals surface area contributed by atoms with Crippen LogP contribution < -0.4 is 10.2 Å². The maximum absolute atomic E-state index is 4.92. The molecule has 1 aliphatic rings. The second-order valence-electron chi connectivity index (χ2n) is 5.37. The van der Waals surface area contributed by atoms with Crippen molar-refractivity contribution in [1.29, 1.82) is 0 Å². The zero-order chi connectivity index (χ0) is 14.7. The second-order valence-corrected chi connectivity index (χ2v) is 6.44. The number of aromatic nitrogens is 2. The summed E-state index contributed by atoms with van der Waals surface area (Å²) in [7, 11) is 2.03. The zero-order valence-corrected chi connectivity index (χ0v) is 13.5. The normalized spacial score (nSPS) is 17.5. The third-order valence-corrected chi connectivity index (χ3v) is 5.21. The van der Waals surface area contributed by atoms with E-state index < -0.39 is 0 Å². The quantitative estimate of drug-likeness (QED) is 0.921. The van der Waals surface area contributed by atoms with E-state index in [1.165, 1.54) is 29.8 Å². The van der Waals surface area contributed by atoms with Crippen molar-refractivity contribution in [2.24, 2.45) is 0 Å². The van der Waals surface area contributed by atoms with Crippen molar-refractivity contribution in [3.8, 4) is 0 Å². The molecular weight excluding hydrogens is 280 g/mol. The van der Waals surface area contributed by atoms with Crippen LogP contribution in [0.2, 0.25) is 0 Å². The van der Waals surface area contributed by atoms with Crippen LogP contribution in [0.15, 0.2) is 24.4 Å². The Balaban J connectivity index is 1.83. The third-order valence-electron chi connectivity index (χ3n) is 4.02. The minimum atomic E-state index is 0.423. The molecule has 0 saturated heterocycles. The molecule has 1 unspecified atom stereocenters. The summed E-state index contributed by atoms with van der Waals surface area (Å²) in [5.41, 5.74) is 2.36. The smallest absolute Gasteiger partial charge is 0.186 e. The van der Waals surface area contributed by atoms with Gasteiger partial charge < -0.3 is 10.2 Å². The molecule has 0 amide bonds. The number of nitrogens with one attached hydrogen (secondary N) is 1. The van der Waals surface area contributed by atoms with Gasteiger partial charge in [-0.25, -0.2) is 4.98 Å². The molecule has 3 rings (SSSR count). The van der Waals surface area contributed by atoms with Gasteiger partial charge in [-0.05, 0) is 45.4 Å². The number of pyridine rings is 1. The number of hydrogen-bond donors (Lipinski definition) is 1. The van der Waals surface area contributed by atoms with E-state index >= 15 is 0 Å². The van der Waals surface area contributed by atoms with Crippen LogP contribution in [-0.4, -0.2) is 23.6 Å². The van der Waals surface area contributed by atoms with Gasteiger partial charge in [0.15, 0.2) is 5.13 Å². The number of thiazole rings is 1. The minimum absolute atomic E-state index is 0.423. The number of rotatable bonds is 5. The highest BCUT2D eigenvalue weighted by Gasteiger charge is 2.25. The second kappa shape index (κ2) is 6.54. The molecule has 0 saturated carbocycles. The van der Waals surface area contributed by atoms with Crippen LogP contribution in [0, 0.1) is 0 Å². The van der Waals surface area contributed by atoms with Crippen LogP contribution in [0.1, 0.15) is 42.1 Å². The Bertz CT molecular complexity index is 581. The Morgan fingerprint density at radius 2 is 2.33 bits per heavy atom. The Hall–Kier alpha value is -1.46.